The van der Waals surface area contributed by atoms with Crippen LogP contribution < -0.4 is 0 Å². The van der Waals surface area contributed by atoms with Crippen molar-refractivity contribution in [2.24, 2.45) is 17.3 Å². The molecule has 0 amide bonds. The Labute approximate surface area is 138 Å². The average Bonchev–Trinajstić information content (AvgIpc) is 2.44. The number of hydrogen-bond donors (Lipinski definition) is 0. The molecule has 2 unspecified atom stereocenters. The van der Waals surface area contributed by atoms with Crippen molar-refractivity contribution in [1.29, 1.82) is 0 Å². The van der Waals surface area contributed by atoms with Gasteiger partial charge < -0.3 is 0 Å². The number of ketones is 3. The summed E-state index contributed by atoms with van der Waals surface area (Å²) in [5, 5.41) is 10.6. The quantitative estimate of drug-likeness (QED) is 0.365. The molecule has 1 aromatic rings. The van der Waals surface area contributed by atoms with Crippen LogP contribution in [0.15, 0.2) is 18.2 Å². The molecule has 2 rings (SSSR count). The first kappa shape index (κ1) is 17.3. The van der Waals surface area contributed by atoms with Crippen molar-refractivity contribution in [2.75, 3.05) is 0 Å². The normalized spacial score (nSPS) is 23.7. The lowest BCUT2D eigenvalue weighted by atomic mass is 9.64. The molecule has 0 spiro atoms. The molecular weight excluding hydrogens is 322 g/mol. The van der Waals surface area contributed by atoms with Crippen LogP contribution in [0.1, 0.15) is 37.6 Å². The minimum Gasteiger partial charge on any atom is -0.298 e. The summed E-state index contributed by atoms with van der Waals surface area (Å²) in [4.78, 5) is 47.6. The topological polar surface area (TPSA) is 94.3 Å². The minimum absolute atomic E-state index is 0.0473. The highest BCUT2D eigenvalue weighted by molar-refractivity contribution is 6.36. The lowest BCUT2D eigenvalue weighted by Gasteiger charge is -2.35. The van der Waals surface area contributed by atoms with E-state index < -0.39 is 39.5 Å². The van der Waals surface area contributed by atoms with E-state index in [0.717, 1.165) is 12.1 Å². The van der Waals surface area contributed by atoms with Crippen LogP contribution in [-0.4, -0.2) is 22.3 Å². The Hall–Kier alpha value is -2.08. The zero-order valence-electron chi connectivity index (χ0n) is 13.0. The van der Waals surface area contributed by atoms with Gasteiger partial charge in [-0.25, -0.2) is 0 Å². The van der Waals surface area contributed by atoms with E-state index in [1.165, 1.54) is 6.07 Å². The summed E-state index contributed by atoms with van der Waals surface area (Å²) in [5.74, 6) is -3.35. The minimum atomic E-state index is -1.40. The smallest absolute Gasteiger partial charge is 0.270 e. The molecule has 0 heterocycles. The Balaban J connectivity index is 2.44. The first-order chi connectivity index (χ1) is 10.6. The molecule has 6 nitrogen and oxygen atoms in total. The van der Waals surface area contributed by atoms with Gasteiger partial charge >= 0.3 is 0 Å². The van der Waals surface area contributed by atoms with Crippen LogP contribution in [0.4, 0.5) is 5.69 Å². The van der Waals surface area contributed by atoms with Gasteiger partial charge in [-0.15, -0.1) is 0 Å². The van der Waals surface area contributed by atoms with E-state index in [2.05, 4.69) is 0 Å². The summed E-state index contributed by atoms with van der Waals surface area (Å²) in [5.41, 5.74) is -1.09. The average molecular weight is 338 g/mol. The summed E-state index contributed by atoms with van der Waals surface area (Å²) < 4.78 is 0. The summed E-state index contributed by atoms with van der Waals surface area (Å²) >= 11 is 5.94. The number of benzene rings is 1. The van der Waals surface area contributed by atoms with Crippen LogP contribution in [0.25, 0.3) is 0 Å². The van der Waals surface area contributed by atoms with Crippen molar-refractivity contribution >= 4 is 34.6 Å². The number of nitro groups is 1. The Morgan fingerprint density at radius 3 is 2.48 bits per heavy atom. The molecular formula is C16H16ClNO5. The van der Waals surface area contributed by atoms with E-state index in [9.17, 15) is 24.5 Å². The summed E-state index contributed by atoms with van der Waals surface area (Å²) in [7, 11) is 0. The van der Waals surface area contributed by atoms with E-state index >= 15 is 0 Å². The van der Waals surface area contributed by atoms with Gasteiger partial charge in [-0.3, -0.25) is 24.5 Å². The number of Topliss-reactive ketones (excluding diaryl/α,β-unsaturated/α-hetero) is 3. The number of hydrogen-bond acceptors (Lipinski definition) is 5. The number of nitrogens with zero attached hydrogens (tertiary/aromatic N) is 1. The van der Waals surface area contributed by atoms with Crippen LogP contribution in [0, 0.1) is 27.4 Å². The summed E-state index contributed by atoms with van der Waals surface area (Å²) in [6.45, 7) is 5.10. The number of halogens is 1. The lowest BCUT2D eigenvalue weighted by Crippen LogP contribution is -2.48. The molecule has 23 heavy (non-hydrogen) atoms. The lowest BCUT2D eigenvalue weighted by molar-refractivity contribution is -0.384. The second-order valence-corrected chi connectivity index (χ2v) is 6.88. The fourth-order valence-corrected chi connectivity index (χ4v) is 3.26. The van der Waals surface area contributed by atoms with Crippen molar-refractivity contribution in [1.82, 2.24) is 0 Å². The van der Waals surface area contributed by atoms with E-state index in [4.69, 9.17) is 11.6 Å². The van der Waals surface area contributed by atoms with Gasteiger partial charge in [0.1, 0.15) is 5.92 Å². The highest BCUT2D eigenvalue weighted by atomic mass is 35.5. The van der Waals surface area contributed by atoms with Crippen molar-refractivity contribution in [3.63, 3.8) is 0 Å². The molecule has 1 aromatic carbocycles. The molecule has 0 bridgehead atoms. The Morgan fingerprint density at radius 1 is 1.35 bits per heavy atom. The van der Waals surface area contributed by atoms with Gasteiger partial charge in [0.15, 0.2) is 17.3 Å². The first-order valence-corrected chi connectivity index (χ1v) is 7.50. The van der Waals surface area contributed by atoms with Gasteiger partial charge in [0.25, 0.3) is 5.69 Å². The zero-order valence-corrected chi connectivity index (χ0v) is 13.7. The number of rotatable bonds is 3. The fourth-order valence-electron chi connectivity index (χ4n) is 2.99. The van der Waals surface area contributed by atoms with Gasteiger partial charge in [-0.2, -0.15) is 0 Å². The maximum absolute atomic E-state index is 12.7. The number of carbonyl (C=O) groups is 3. The molecule has 1 fully saturated rings. The molecule has 7 heteroatoms. The number of non-ortho nitro benzene ring substituents is 1. The Bertz CT molecular complexity index is 725. The second-order valence-electron chi connectivity index (χ2n) is 6.47. The van der Waals surface area contributed by atoms with E-state index in [1.807, 2.05) is 0 Å². The summed E-state index contributed by atoms with van der Waals surface area (Å²) in [6.07, 6.45) is 0.391. The molecule has 1 saturated carbocycles. The van der Waals surface area contributed by atoms with E-state index in [0.29, 0.717) is 6.42 Å². The molecule has 0 aliphatic heterocycles. The number of nitro benzene ring substituents is 1. The van der Waals surface area contributed by atoms with Crippen molar-refractivity contribution in [3.8, 4) is 0 Å². The first-order valence-electron chi connectivity index (χ1n) is 7.12. The van der Waals surface area contributed by atoms with Crippen molar-refractivity contribution < 1.29 is 19.3 Å². The third-order valence-corrected chi connectivity index (χ3v) is 4.52. The SMILES string of the molecule is CC1CC(C)(C)C(=O)C(C(=O)c2ccc([N+](=O)[O-])cc2Cl)C1=O. The van der Waals surface area contributed by atoms with Gasteiger partial charge in [0, 0.05) is 29.0 Å². The van der Waals surface area contributed by atoms with Crippen LogP contribution in [0.3, 0.4) is 0 Å². The molecule has 122 valence electrons. The van der Waals surface area contributed by atoms with Gasteiger partial charge in [-0.05, 0) is 12.5 Å². The predicted molar refractivity (Wildman–Crippen MR) is 83.5 cm³/mol. The molecule has 0 aromatic heterocycles. The van der Waals surface area contributed by atoms with Crippen molar-refractivity contribution in [2.45, 2.75) is 27.2 Å². The largest absolute Gasteiger partial charge is 0.298 e. The Morgan fingerprint density at radius 2 is 1.96 bits per heavy atom. The monoisotopic (exact) mass is 337 g/mol. The van der Waals surface area contributed by atoms with E-state index in [-0.39, 0.29) is 16.3 Å². The fraction of sp³-hybridized carbons (Fsp3) is 0.438. The van der Waals surface area contributed by atoms with Crippen LogP contribution in [-0.2, 0) is 9.59 Å². The van der Waals surface area contributed by atoms with E-state index in [1.54, 1.807) is 20.8 Å². The highest BCUT2D eigenvalue weighted by Crippen LogP contribution is 2.39. The van der Waals surface area contributed by atoms with Crippen LogP contribution in [0.5, 0.6) is 0 Å². The molecule has 1 aliphatic carbocycles. The third kappa shape index (κ3) is 3.03. The van der Waals surface area contributed by atoms with Gasteiger partial charge in [0.05, 0.1) is 9.95 Å². The van der Waals surface area contributed by atoms with Crippen LogP contribution >= 0.6 is 11.6 Å². The third-order valence-electron chi connectivity index (χ3n) is 4.21. The zero-order chi connectivity index (χ0) is 17.5. The Kier molecular flexibility index (Phi) is 4.39. The van der Waals surface area contributed by atoms with Crippen LogP contribution in [0.2, 0.25) is 5.02 Å². The van der Waals surface area contributed by atoms with Crippen molar-refractivity contribution in [3.05, 3.63) is 38.9 Å². The molecule has 0 saturated heterocycles. The maximum Gasteiger partial charge on any atom is 0.270 e. The molecule has 1 aliphatic rings. The van der Waals surface area contributed by atoms with Gasteiger partial charge in [0.2, 0.25) is 0 Å². The molecule has 0 N–H and O–H groups in total. The summed E-state index contributed by atoms with van der Waals surface area (Å²) in [6, 6.07) is 3.36. The van der Waals surface area contributed by atoms with Gasteiger partial charge in [-0.1, -0.05) is 32.4 Å². The second kappa shape index (κ2) is 5.85. The standard InChI is InChI=1S/C16H16ClNO5/c1-8-7-16(2,3)15(21)12(13(8)19)14(20)10-5-4-9(18(22)23)6-11(10)17/h4-6,8,12H,7H2,1-3H3. The predicted octanol–water partition coefficient (Wildman–Crippen LogP) is 3.25. The molecule has 2 atom stereocenters. The maximum atomic E-state index is 12.7. The highest BCUT2D eigenvalue weighted by Gasteiger charge is 2.49. The number of carbonyl (C=O) groups excluding carboxylic acids is 3. The molecule has 0 radical (unpaired) electrons.